The van der Waals surface area contributed by atoms with Gasteiger partial charge in [-0.1, -0.05) is 18.6 Å². The Kier molecular flexibility index (Phi) is 6.53. The Morgan fingerprint density at radius 2 is 1.62 bits per heavy atom. The molecule has 1 amide bonds. The van der Waals surface area contributed by atoms with Crippen LogP contribution < -0.4 is 4.90 Å². The van der Waals surface area contributed by atoms with E-state index < -0.39 is 21.9 Å². The molecule has 0 bridgehead atoms. The van der Waals surface area contributed by atoms with Gasteiger partial charge in [0.15, 0.2) is 0 Å². The standard InChI is InChI=1S/C24H30FN3O3S/c1-18-6-7-19(2)23(17-18)26-13-15-27(16-14-26)24(29)22-5-3-4-12-28(22)32(30,31)21-10-8-20(25)9-11-21/h6-11,17,22H,3-5,12-16H2,1-2H3. The smallest absolute Gasteiger partial charge is 0.243 e. The van der Waals surface area contributed by atoms with Crippen molar-refractivity contribution in [1.82, 2.24) is 9.21 Å². The van der Waals surface area contributed by atoms with Crippen LogP contribution in [0.2, 0.25) is 0 Å². The fourth-order valence-electron chi connectivity index (χ4n) is 4.62. The van der Waals surface area contributed by atoms with Crippen LogP contribution in [0.25, 0.3) is 0 Å². The van der Waals surface area contributed by atoms with Gasteiger partial charge >= 0.3 is 0 Å². The lowest BCUT2D eigenvalue weighted by atomic mass is 10.0. The number of benzene rings is 2. The van der Waals surface area contributed by atoms with Crippen molar-refractivity contribution in [3.8, 4) is 0 Å². The third-order valence-electron chi connectivity index (χ3n) is 6.46. The molecule has 2 saturated heterocycles. The largest absolute Gasteiger partial charge is 0.368 e. The molecule has 0 spiro atoms. The van der Waals surface area contributed by atoms with Crippen LogP contribution in [0, 0.1) is 19.7 Å². The van der Waals surface area contributed by atoms with Crippen LogP contribution in [0.15, 0.2) is 47.4 Å². The molecule has 0 saturated carbocycles. The summed E-state index contributed by atoms with van der Waals surface area (Å²) < 4.78 is 41.1. The molecule has 0 aliphatic carbocycles. The Morgan fingerprint density at radius 1 is 0.938 bits per heavy atom. The number of carbonyl (C=O) groups is 1. The van der Waals surface area contributed by atoms with Gasteiger partial charge in [0.2, 0.25) is 15.9 Å². The van der Waals surface area contributed by atoms with Crippen LogP contribution in [-0.4, -0.2) is 62.3 Å². The average molecular weight is 460 g/mol. The number of sulfonamides is 1. The van der Waals surface area contributed by atoms with Gasteiger partial charge in [-0.15, -0.1) is 0 Å². The molecule has 2 heterocycles. The van der Waals surface area contributed by atoms with E-state index in [2.05, 4.69) is 36.9 Å². The van der Waals surface area contributed by atoms with Crippen molar-refractivity contribution >= 4 is 21.6 Å². The number of piperidine rings is 1. The maximum absolute atomic E-state index is 13.4. The van der Waals surface area contributed by atoms with Gasteiger partial charge in [-0.3, -0.25) is 4.79 Å². The Balaban J connectivity index is 1.48. The second-order valence-corrected chi connectivity index (χ2v) is 10.6. The topological polar surface area (TPSA) is 60.9 Å². The van der Waals surface area contributed by atoms with Gasteiger partial charge in [-0.05, 0) is 68.1 Å². The number of anilines is 1. The molecule has 2 aromatic rings. The molecule has 172 valence electrons. The van der Waals surface area contributed by atoms with E-state index in [9.17, 15) is 17.6 Å². The molecule has 0 aromatic heterocycles. The molecule has 0 radical (unpaired) electrons. The number of rotatable bonds is 4. The predicted octanol–water partition coefficient (Wildman–Crippen LogP) is 3.33. The van der Waals surface area contributed by atoms with E-state index >= 15 is 0 Å². The van der Waals surface area contributed by atoms with Crippen LogP contribution in [0.5, 0.6) is 0 Å². The minimum atomic E-state index is -3.87. The fourth-order valence-corrected chi connectivity index (χ4v) is 6.27. The maximum Gasteiger partial charge on any atom is 0.243 e. The lowest BCUT2D eigenvalue weighted by molar-refractivity contribution is -0.136. The van der Waals surface area contributed by atoms with Crippen LogP contribution in [0.1, 0.15) is 30.4 Å². The van der Waals surface area contributed by atoms with Crippen molar-refractivity contribution in [2.24, 2.45) is 0 Å². The number of hydrogen-bond acceptors (Lipinski definition) is 4. The van der Waals surface area contributed by atoms with E-state index in [1.54, 1.807) is 4.90 Å². The number of amides is 1. The predicted molar refractivity (Wildman–Crippen MR) is 123 cm³/mol. The molecular formula is C24H30FN3O3S. The molecule has 2 aliphatic heterocycles. The maximum atomic E-state index is 13.4. The van der Waals surface area contributed by atoms with Gasteiger partial charge in [-0.2, -0.15) is 4.31 Å². The summed E-state index contributed by atoms with van der Waals surface area (Å²) in [7, 11) is -3.87. The number of hydrogen-bond donors (Lipinski definition) is 0. The first-order valence-corrected chi connectivity index (χ1v) is 12.6. The van der Waals surface area contributed by atoms with Crippen molar-refractivity contribution in [2.75, 3.05) is 37.6 Å². The summed E-state index contributed by atoms with van der Waals surface area (Å²) in [6.45, 7) is 7.02. The molecule has 1 unspecified atom stereocenters. The van der Waals surface area contributed by atoms with Gasteiger partial charge in [0.05, 0.1) is 4.90 Å². The molecule has 0 N–H and O–H groups in total. The van der Waals surface area contributed by atoms with Crippen LogP contribution in [0.3, 0.4) is 0 Å². The van der Waals surface area contributed by atoms with Gasteiger partial charge in [-0.25, -0.2) is 12.8 Å². The second kappa shape index (κ2) is 9.19. The molecule has 2 aliphatic rings. The first-order chi connectivity index (χ1) is 15.3. The number of piperazine rings is 1. The number of aryl methyl sites for hydroxylation is 2. The van der Waals surface area contributed by atoms with Gasteiger partial charge < -0.3 is 9.80 Å². The van der Waals surface area contributed by atoms with Crippen molar-refractivity contribution in [1.29, 1.82) is 0 Å². The Labute approximate surface area is 189 Å². The highest BCUT2D eigenvalue weighted by atomic mass is 32.2. The Bertz CT molecular complexity index is 1080. The monoisotopic (exact) mass is 459 g/mol. The summed E-state index contributed by atoms with van der Waals surface area (Å²) in [5, 5.41) is 0. The minimum Gasteiger partial charge on any atom is -0.368 e. The van der Waals surface area contributed by atoms with Gasteiger partial charge in [0, 0.05) is 38.4 Å². The lowest BCUT2D eigenvalue weighted by Crippen LogP contribution is -2.57. The normalized spacial score (nSPS) is 20.4. The third-order valence-corrected chi connectivity index (χ3v) is 8.38. The zero-order valence-corrected chi connectivity index (χ0v) is 19.4. The van der Waals surface area contributed by atoms with E-state index in [0.717, 1.165) is 18.6 Å². The lowest BCUT2D eigenvalue weighted by Gasteiger charge is -2.41. The zero-order valence-electron chi connectivity index (χ0n) is 18.6. The molecular weight excluding hydrogens is 429 g/mol. The van der Waals surface area contributed by atoms with Crippen LogP contribution in [-0.2, 0) is 14.8 Å². The minimum absolute atomic E-state index is 0.0262. The Morgan fingerprint density at radius 3 is 2.31 bits per heavy atom. The molecule has 6 nitrogen and oxygen atoms in total. The number of halogens is 1. The van der Waals surface area contributed by atoms with Gasteiger partial charge in [0.25, 0.3) is 0 Å². The molecule has 1 atom stereocenters. The highest BCUT2D eigenvalue weighted by Crippen LogP contribution is 2.28. The molecule has 8 heteroatoms. The van der Waals surface area contributed by atoms with Crippen LogP contribution in [0.4, 0.5) is 10.1 Å². The summed E-state index contributed by atoms with van der Waals surface area (Å²) in [6.07, 6.45) is 2.04. The first kappa shape index (κ1) is 22.7. The van der Waals surface area contributed by atoms with Crippen molar-refractivity contribution in [3.05, 3.63) is 59.4 Å². The van der Waals surface area contributed by atoms with E-state index in [-0.39, 0.29) is 10.8 Å². The van der Waals surface area contributed by atoms with E-state index in [1.807, 2.05) is 0 Å². The zero-order chi connectivity index (χ0) is 22.9. The Hall–Kier alpha value is -2.45. The molecule has 2 aromatic carbocycles. The highest BCUT2D eigenvalue weighted by Gasteiger charge is 2.40. The number of carbonyl (C=O) groups excluding carboxylic acids is 1. The fraction of sp³-hybridized carbons (Fsp3) is 0.458. The highest BCUT2D eigenvalue weighted by molar-refractivity contribution is 7.89. The SMILES string of the molecule is Cc1ccc(C)c(N2CCN(C(=O)C3CCCCN3S(=O)(=O)c3ccc(F)cc3)CC2)c1. The van der Waals surface area contributed by atoms with Gasteiger partial charge in [0.1, 0.15) is 11.9 Å². The molecule has 4 rings (SSSR count). The summed E-state index contributed by atoms with van der Waals surface area (Å²) in [6, 6.07) is 10.5. The number of nitrogens with zero attached hydrogens (tertiary/aromatic N) is 3. The first-order valence-electron chi connectivity index (χ1n) is 11.2. The summed E-state index contributed by atoms with van der Waals surface area (Å²) in [4.78, 5) is 17.5. The summed E-state index contributed by atoms with van der Waals surface area (Å²) >= 11 is 0. The van der Waals surface area contributed by atoms with Crippen molar-refractivity contribution in [2.45, 2.75) is 44.0 Å². The van der Waals surface area contributed by atoms with E-state index in [1.165, 1.54) is 33.3 Å². The third kappa shape index (κ3) is 4.52. The van der Waals surface area contributed by atoms with Crippen molar-refractivity contribution in [3.63, 3.8) is 0 Å². The van der Waals surface area contributed by atoms with E-state index in [0.29, 0.717) is 45.6 Å². The van der Waals surface area contributed by atoms with Crippen molar-refractivity contribution < 1.29 is 17.6 Å². The quantitative estimate of drug-likeness (QED) is 0.704. The van der Waals surface area contributed by atoms with Crippen LogP contribution >= 0.6 is 0 Å². The molecule has 2 fully saturated rings. The average Bonchev–Trinajstić information content (AvgIpc) is 2.80. The second-order valence-electron chi connectivity index (χ2n) is 8.68. The van der Waals surface area contributed by atoms with E-state index in [4.69, 9.17) is 0 Å². The summed E-state index contributed by atoms with van der Waals surface area (Å²) in [5.74, 6) is -0.618. The summed E-state index contributed by atoms with van der Waals surface area (Å²) in [5.41, 5.74) is 3.60. The molecule has 32 heavy (non-hydrogen) atoms.